The molecule has 0 radical (unpaired) electrons. The van der Waals surface area contributed by atoms with E-state index in [0.29, 0.717) is 12.1 Å². The molecule has 15 heavy (non-hydrogen) atoms. The lowest BCUT2D eigenvalue weighted by Gasteiger charge is -2.25. The predicted molar refractivity (Wildman–Crippen MR) is 51.6 cm³/mol. The van der Waals surface area contributed by atoms with E-state index in [9.17, 15) is 14.7 Å². The Morgan fingerprint density at radius 1 is 1.40 bits per heavy atom. The molecule has 0 unspecified atom stereocenters. The van der Waals surface area contributed by atoms with Crippen molar-refractivity contribution in [2.24, 2.45) is 5.41 Å². The lowest BCUT2D eigenvalue weighted by atomic mass is 9.82. The van der Waals surface area contributed by atoms with Gasteiger partial charge in [0.1, 0.15) is 5.70 Å². The molecule has 0 aliphatic heterocycles. The number of hydrogen-bond acceptors (Lipinski definition) is 3. The highest BCUT2D eigenvalue weighted by Gasteiger charge is 2.36. The molecule has 5 heteroatoms. The zero-order chi connectivity index (χ0) is 12.2. The van der Waals surface area contributed by atoms with E-state index in [2.05, 4.69) is 0 Å². The maximum atomic E-state index is 11.0. The Morgan fingerprint density at radius 3 is 2.07 bits per heavy atom. The van der Waals surface area contributed by atoms with Crippen LogP contribution in [0.3, 0.4) is 0 Å². The summed E-state index contributed by atoms with van der Waals surface area (Å²) in [6.07, 6.45) is 0.469. The number of rotatable bonds is 5. The van der Waals surface area contributed by atoms with Crippen LogP contribution < -0.4 is 10.4 Å². The van der Waals surface area contributed by atoms with Crippen LogP contribution in [0.4, 0.5) is 0 Å². The minimum atomic E-state index is -1.43. The molecule has 3 N–H and O–H groups in total. The van der Waals surface area contributed by atoms with Crippen molar-refractivity contribution in [1.29, 1.82) is 0 Å². The second-order valence-corrected chi connectivity index (χ2v) is 3.76. The van der Waals surface area contributed by atoms with Gasteiger partial charge in [-0.3, -0.25) is 4.79 Å². The van der Waals surface area contributed by atoms with Gasteiger partial charge >= 0.3 is 5.97 Å². The molecule has 0 saturated heterocycles. The zero-order valence-electron chi connectivity index (χ0n) is 9.46. The van der Waals surface area contributed by atoms with E-state index >= 15 is 0 Å². The van der Waals surface area contributed by atoms with Gasteiger partial charge in [0.15, 0.2) is 0 Å². The molecule has 86 valence electrons. The topological polar surface area (TPSA) is 94.0 Å². The molecule has 5 nitrogen and oxygen atoms in total. The van der Waals surface area contributed by atoms with Crippen molar-refractivity contribution in [1.82, 2.24) is 0 Å². The van der Waals surface area contributed by atoms with Crippen molar-refractivity contribution >= 4 is 11.9 Å². The fraction of sp³-hybridized carbons (Fsp3) is 0.600. The Bertz CT molecular complexity index is 299. The normalized spacial score (nSPS) is 13.3. The highest BCUT2D eigenvalue weighted by Crippen LogP contribution is 2.27. The summed E-state index contributed by atoms with van der Waals surface area (Å²) in [5, 5.41) is 21.5. The van der Waals surface area contributed by atoms with E-state index < -0.39 is 17.4 Å². The highest BCUT2D eigenvalue weighted by molar-refractivity contribution is 5.95. The molecule has 0 saturated carbocycles. The Morgan fingerprint density at radius 2 is 1.87 bits per heavy atom. The Kier molecular flexibility index (Phi) is 4.48. The lowest BCUT2D eigenvalue weighted by Crippen LogP contribution is -2.78. The van der Waals surface area contributed by atoms with Gasteiger partial charge in [-0.15, -0.1) is 0 Å². The number of quaternary nitrogens is 1. The van der Waals surface area contributed by atoms with Gasteiger partial charge in [0.25, 0.3) is 0 Å². The van der Waals surface area contributed by atoms with E-state index in [-0.39, 0.29) is 5.57 Å². The molecule has 0 heterocycles. The third-order valence-electron chi connectivity index (χ3n) is 2.41. The van der Waals surface area contributed by atoms with Gasteiger partial charge in [0.05, 0.1) is 18.4 Å². The number of hydrogen-bond donors (Lipinski definition) is 2. The minimum absolute atomic E-state index is 0.153. The van der Waals surface area contributed by atoms with Crippen LogP contribution in [0.1, 0.15) is 27.2 Å². The molecule has 0 aromatic rings. The van der Waals surface area contributed by atoms with E-state index in [1.165, 1.54) is 13.8 Å². The SMILES string of the molecule is CCC([NH2+]C)=C(C(=O)[O-])C(C)(C)C(=O)O. The molecule has 0 aliphatic rings. The summed E-state index contributed by atoms with van der Waals surface area (Å²) >= 11 is 0. The lowest BCUT2D eigenvalue weighted by molar-refractivity contribution is -0.579. The van der Waals surface area contributed by atoms with Crippen LogP contribution in [0, 0.1) is 5.41 Å². The first kappa shape index (κ1) is 13.6. The quantitative estimate of drug-likeness (QED) is 0.558. The van der Waals surface area contributed by atoms with Crippen molar-refractivity contribution in [2.45, 2.75) is 27.2 Å². The van der Waals surface area contributed by atoms with Crippen LogP contribution in [0.25, 0.3) is 0 Å². The van der Waals surface area contributed by atoms with Gasteiger partial charge < -0.3 is 20.3 Å². The first-order valence-corrected chi connectivity index (χ1v) is 4.76. The van der Waals surface area contributed by atoms with E-state index in [1.54, 1.807) is 19.3 Å². The van der Waals surface area contributed by atoms with Gasteiger partial charge in [0, 0.05) is 12.0 Å². The van der Waals surface area contributed by atoms with Gasteiger partial charge in [-0.25, -0.2) is 0 Å². The van der Waals surface area contributed by atoms with Crippen LogP contribution in [-0.2, 0) is 9.59 Å². The van der Waals surface area contributed by atoms with E-state index in [0.717, 1.165) is 0 Å². The largest absolute Gasteiger partial charge is 0.545 e. The third-order valence-corrected chi connectivity index (χ3v) is 2.41. The average molecular weight is 215 g/mol. The van der Waals surface area contributed by atoms with Gasteiger partial charge in [-0.1, -0.05) is 6.92 Å². The molecule has 0 aromatic carbocycles. The molecule has 0 aliphatic carbocycles. The summed E-state index contributed by atoms with van der Waals surface area (Å²) in [4.78, 5) is 21.9. The van der Waals surface area contributed by atoms with Crippen molar-refractivity contribution in [2.75, 3.05) is 7.05 Å². The van der Waals surface area contributed by atoms with E-state index in [4.69, 9.17) is 5.11 Å². The second-order valence-electron chi connectivity index (χ2n) is 3.76. The number of carbonyl (C=O) groups excluding carboxylic acids is 1. The van der Waals surface area contributed by atoms with E-state index in [1.807, 2.05) is 0 Å². The summed E-state index contributed by atoms with van der Waals surface area (Å²) in [6.45, 7) is 4.50. The summed E-state index contributed by atoms with van der Waals surface area (Å²) in [6, 6.07) is 0. The molecule has 0 amide bonds. The molecule has 0 fully saturated rings. The summed E-state index contributed by atoms with van der Waals surface area (Å²) in [7, 11) is 1.68. The first-order valence-electron chi connectivity index (χ1n) is 4.76. The minimum Gasteiger partial charge on any atom is -0.545 e. The Hall–Kier alpha value is -1.36. The Balaban J connectivity index is 5.61. The van der Waals surface area contributed by atoms with Gasteiger partial charge in [0.2, 0.25) is 0 Å². The third kappa shape index (κ3) is 2.79. The van der Waals surface area contributed by atoms with Crippen LogP contribution >= 0.6 is 0 Å². The van der Waals surface area contributed by atoms with Gasteiger partial charge in [-0.05, 0) is 13.8 Å². The fourth-order valence-corrected chi connectivity index (χ4v) is 1.42. The highest BCUT2D eigenvalue weighted by atomic mass is 16.4. The predicted octanol–water partition coefficient (Wildman–Crippen LogP) is -1.30. The Labute approximate surface area is 88.8 Å². The maximum absolute atomic E-state index is 11.0. The number of carbonyl (C=O) groups is 2. The van der Waals surface area contributed by atoms with Crippen LogP contribution in [0.2, 0.25) is 0 Å². The number of nitrogens with two attached hydrogens (primary N) is 1. The van der Waals surface area contributed by atoms with Crippen molar-refractivity contribution < 1.29 is 25.1 Å². The molecule has 0 aromatic heterocycles. The van der Waals surface area contributed by atoms with Gasteiger partial charge in [-0.2, -0.15) is 0 Å². The smallest absolute Gasteiger partial charge is 0.313 e. The summed E-state index contributed by atoms with van der Waals surface area (Å²) in [5.74, 6) is -2.59. The van der Waals surface area contributed by atoms with Crippen LogP contribution in [-0.4, -0.2) is 24.1 Å². The number of carboxylic acid groups (broad SMARTS) is 2. The number of aliphatic carboxylic acids is 2. The van der Waals surface area contributed by atoms with Crippen LogP contribution in [0.15, 0.2) is 11.3 Å². The summed E-state index contributed by atoms with van der Waals surface area (Å²) < 4.78 is 0. The molecule has 0 bridgehead atoms. The number of carboxylic acids is 2. The van der Waals surface area contributed by atoms with Crippen molar-refractivity contribution in [3.8, 4) is 0 Å². The average Bonchev–Trinajstić information content (AvgIpc) is 2.12. The van der Waals surface area contributed by atoms with Crippen molar-refractivity contribution in [3.63, 3.8) is 0 Å². The molecular formula is C10H17NO4. The molecule has 0 atom stereocenters. The fourth-order valence-electron chi connectivity index (χ4n) is 1.42. The first-order chi connectivity index (χ1) is 6.78. The molecular weight excluding hydrogens is 198 g/mol. The standard InChI is InChI=1S/C10H17NO4/c1-5-6(11-4)7(8(12)13)10(2,3)9(14)15/h11H,5H2,1-4H3,(H,12,13)(H,14,15). The summed E-state index contributed by atoms with van der Waals surface area (Å²) in [5.41, 5.74) is -1.08. The zero-order valence-corrected chi connectivity index (χ0v) is 9.46. The van der Waals surface area contributed by atoms with Crippen LogP contribution in [0.5, 0.6) is 0 Å². The number of allylic oxidation sites excluding steroid dienone is 1. The van der Waals surface area contributed by atoms with Crippen molar-refractivity contribution in [3.05, 3.63) is 11.3 Å². The maximum Gasteiger partial charge on any atom is 0.313 e. The second kappa shape index (κ2) is 4.93. The molecule has 0 spiro atoms. The monoisotopic (exact) mass is 215 g/mol. The molecule has 0 rings (SSSR count).